The van der Waals surface area contributed by atoms with Crippen LogP contribution in [0.4, 0.5) is 0 Å². The van der Waals surface area contributed by atoms with Crippen LogP contribution in [0.15, 0.2) is 21.7 Å². The number of carbonyl (C=O) groups excluding carboxylic acids is 1. The van der Waals surface area contributed by atoms with E-state index in [2.05, 4.69) is 26.5 Å². The fraction of sp³-hybridized carbons (Fsp3) is 0.333. The molecule has 0 bridgehead atoms. The number of amides is 1. The second-order valence-corrected chi connectivity index (χ2v) is 5.09. The molecule has 1 heterocycles. The fourth-order valence-electron chi connectivity index (χ4n) is 1.63. The van der Waals surface area contributed by atoms with E-state index in [0.29, 0.717) is 11.5 Å². The largest absolute Gasteiger partial charge is 0.454 e. The van der Waals surface area contributed by atoms with Crippen molar-refractivity contribution in [3.8, 4) is 11.5 Å². The third kappa shape index (κ3) is 2.33. The zero-order valence-electron chi connectivity index (χ0n) is 9.48. The van der Waals surface area contributed by atoms with Crippen LogP contribution in [-0.4, -0.2) is 18.9 Å². The van der Waals surface area contributed by atoms with Crippen molar-refractivity contribution in [1.82, 2.24) is 5.43 Å². The molecule has 2 aliphatic rings. The summed E-state index contributed by atoms with van der Waals surface area (Å²) in [6.45, 7) is 0.237. The molecule has 0 atom stereocenters. The average molecular weight is 311 g/mol. The van der Waals surface area contributed by atoms with Crippen molar-refractivity contribution in [1.29, 1.82) is 0 Å². The highest BCUT2D eigenvalue weighted by molar-refractivity contribution is 9.10. The van der Waals surface area contributed by atoms with Gasteiger partial charge in [0.1, 0.15) is 0 Å². The molecule has 94 valence electrons. The van der Waals surface area contributed by atoms with Gasteiger partial charge in [0.25, 0.3) is 0 Å². The zero-order chi connectivity index (χ0) is 12.5. The fourth-order valence-corrected chi connectivity index (χ4v) is 2.06. The molecule has 1 saturated carbocycles. The second-order valence-electron chi connectivity index (χ2n) is 4.24. The average Bonchev–Trinajstić information content (AvgIpc) is 3.10. The lowest BCUT2D eigenvalue weighted by molar-refractivity contribution is -0.122. The van der Waals surface area contributed by atoms with Gasteiger partial charge in [-0.25, -0.2) is 5.43 Å². The lowest BCUT2D eigenvalue weighted by Gasteiger charge is -2.01. The van der Waals surface area contributed by atoms with Gasteiger partial charge in [0.05, 0.1) is 6.21 Å². The Bertz CT molecular complexity index is 526. The van der Waals surface area contributed by atoms with Crippen molar-refractivity contribution in [3.63, 3.8) is 0 Å². The number of halogens is 1. The van der Waals surface area contributed by atoms with E-state index in [1.165, 1.54) is 0 Å². The van der Waals surface area contributed by atoms with Crippen LogP contribution in [0, 0.1) is 5.92 Å². The molecule has 1 aromatic carbocycles. The molecule has 1 aliphatic carbocycles. The Morgan fingerprint density at radius 1 is 1.39 bits per heavy atom. The topological polar surface area (TPSA) is 59.9 Å². The van der Waals surface area contributed by atoms with E-state index in [1.807, 2.05) is 12.1 Å². The second kappa shape index (κ2) is 4.61. The number of benzene rings is 1. The number of hydrogen-bond acceptors (Lipinski definition) is 4. The van der Waals surface area contributed by atoms with Crippen LogP contribution in [0.2, 0.25) is 0 Å². The molecule has 1 N–H and O–H groups in total. The predicted molar refractivity (Wildman–Crippen MR) is 68.7 cm³/mol. The summed E-state index contributed by atoms with van der Waals surface area (Å²) in [5.74, 6) is 1.54. The molecule has 5 nitrogen and oxygen atoms in total. The highest BCUT2D eigenvalue weighted by Gasteiger charge is 2.29. The van der Waals surface area contributed by atoms with Crippen LogP contribution in [0.3, 0.4) is 0 Å². The number of nitrogens with zero attached hydrogens (tertiary/aromatic N) is 1. The van der Waals surface area contributed by atoms with E-state index in [4.69, 9.17) is 9.47 Å². The maximum atomic E-state index is 11.4. The van der Waals surface area contributed by atoms with E-state index in [0.717, 1.165) is 22.9 Å². The molecule has 1 amide bonds. The van der Waals surface area contributed by atoms with Gasteiger partial charge >= 0.3 is 0 Å². The van der Waals surface area contributed by atoms with Gasteiger partial charge in [-0.15, -0.1) is 0 Å². The van der Waals surface area contributed by atoms with Gasteiger partial charge in [-0.1, -0.05) is 0 Å². The third-order valence-electron chi connectivity index (χ3n) is 2.82. The summed E-state index contributed by atoms with van der Waals surface area (Å²) in [6, 6.07) is 3.64. The molecule has 6 heteroatoms. The monoisotopic (exact) mass is 310 g/mol. The highest BCUT2D eigenvalue weighted by atomic mass is 79.9. The standard InChI is InChI=1S/C12H11BrN2O3/c13-9-4-11-10(17-6-18-11)3-8(9)5-14-15-12(16)7-1-2-7/h3-5,7H,1-2,6H2,(H,15,16)/b14-5+. The SMILES string of the molecule is O=C(N/N=C/c1cc2c(cc1Br)OCO2)C1CC1. The minimum absolute atomic E-state index is 0.0110. The molecule has 18 heavy (non-hydrogen) atoms. The van der Waals surface area contributed by atoms with Crippen LogP contribution >= 0.6 is 15.9 Å². The van der Waals surface area contributed by atoms with Gasteiger partial charge in [-0.3, -0.25) is 4.79 Å². The molecular weight excluding hydrogens is 300 g/mol. The molecule has 0 aromatic heterocycles. The summed E-state index contributed by atoms with van der Waals surface area (Å²) in [4.78, 5) is 11.4. The number of fused-ring (bicyclic) bond motifs is 1. The van der Waals surface area contributed by atoms with Gasteiger partial charge in [-0.05, 0) is 40.9 Å². The summed E-state index contributed by atoms with van der Waals surface area (Å²) >= 11 is 3.42. The Kier molecular flexibility index (Phi) is 2.95. The van der Waals surface area contributed by atoms with Crippen LogP contribution in [-0.2, 0) is 4.79 Å². The van der Waals surface area contributed by atoms with Crippen molar-refractivity contribution in [2.45, 2.75) is 12.8 Å². The summed E-state index contributed by atoms with van der Waals surface area (Å²) in [5, 5.41) is 3.94. The molecule has 0 saturated heterocycles. The van der Waals surface area contributed by atoms with E-state index in [9.17, 15) is 4.79 Å². The number of nitrogens with one attached hydrogen (secondary N) is 1. The van der Waals surface area contributed by atoms with Crippen LogP contribution < -0.4 is 14.9 Å². The van der Waals surface area contributed by atoms with Crippen molar-refractivity contribution in [3.05, 3.63) is 22.2 Å². The van der Waals surface area contributed by atoms with E-state index in [-0.39, 0.29) is 18.6 Å². The van der Waals surface area contributed by atoms with E-state index >= 15 is 0 Å². The Labute approximate surface area is 112 Å². The molecule has 0 spiro atoms. The Morgan fingerprint density at radius 3 is 2.83 bits per heavy atom. The Morgan fingerprint density at radius 2 is 2.11 bits per heavy atom. The van der Waals surface area contributed by atoms with E-state index < -0.39 is 0 Å². The van der Waals surface area contributed by atoms with Crippen LogP contribution in [0.1, 0.15) is 18.4 Å². The third-order valence-corrected chi connectivity index (χ3v) is 3.51. The lowest BCUT2D eigenvalue weighted by Crippen LogP contribution is -2.18. The van der Waals surface area contributed by atoms with Crippen molar-refractivity contribution >= 4 is 28.1 Å². The number of hydrogen-bond donors (Lipinski definition) is 1. The predicted octanol–water partition coefficient (Wildman–Crippen LogP) is 2.04. The maximum Gasteiger partial charge on any atom is 0.243 e. The van der Waals surface area contributed by atoms with Crippen molar-refractivity contribution in [2.24, 2.45) is 11.0 Å². The first-order valence-corrected chi connectivity index (χ1v) is 6.45. The number of hydrazone groups is 1. The minimum atomic E-state index is -0.0110. The first-order valence-electron chi connectivity index (χ1n) is 5.66. The summed E-state index contributed by atoms with van der Waals surface area (Å²) in [7, 11) is 0. The lowest BCUT2D eigenvalue weighted by atomic mass is 10.2. The molecular formula is C12H11BrN2O3. The molecule has 0 unspecified atom stereocenters. The number of ether oxygens (including phenoxy) is 2. The summed E-state index contributed by atoms with van der Waals surface area (Å²) in [5.41, 5.74) is 3.35. The maximum absolute atomic E-state index is 11.4. The quantitative estimate of drug-likeness (QED) is 0.686. The smallest absolute Gasteiger partial charge is 0.243 e. The Balaban J connectivity index is 1.71. The van der Waals surface area contributed by atoms with Gasteiger partial charge in [0.15, 0.2) is 11.5 Å². The first-order chi connectivity index (χ1) is 8.74. The zero-order valence-corrected chi connectivity index (χ0v) is 11.1. The van der Waals surface area contributed by atoms with Gasteiger partial charge in [0.2, 0.25) is 12.7 Å². The molecule has 3 rings (SSSR count). The molecule has 1 fully saturated rings. The van der Waals surface area contributed by atoms with Gasteiger partial charge < -0.3 is 9.47 Å². The molecule has 1 aliphatic heterocycles. The first kappa shape index (κ1) is 11.5. The molecule has 1 aromatic rings. The van der Waals surface area contributed by atoms with Gasteiger partial charge in [-0.2, -0.15) is 5.10 Å². The van der Waals surface area contributed by atoms with Crippen molar-refractivity contribution in [2.75, 3.05) is 6.79 Å². The summed E-state index contributed by atoms with van der Waals surface area (Å²) in [6.07, 6.45) is 3.52. The normalized spacial score (nSPS) is 17.2. The Hall–Kier alpha value is -1.56. The van der Waals surface area contributed by atoms with Crippen LogP contribution in [0.25, 0.3) is 0 Å². The number of rotatable bonds is 3. The minimum Gasteiger partial charge on any atom is -0.454 e. The highest BCUT2D eigenvalue weighted by Crippen LogP contribution is 2.36. The van der Waals surface area contributed by atoms with E-state index in [1.54, 1.807) is 6.21 Å². The van der Waals surface area contributed by atoms with Gasteiger partial charge in [0, 0.05) is 16.0 Å². The van der Waals surface area contributed by atoms with Crippen molar-refractivity contribution < 1.29 is 14.3 Å². The van der Waals surface area contributed by atoms with Crippen LogP contribution in [0.5, 0.6) is 11.5 Å². The molecule has 0 radical (unpaired) electrons. The number of carbonyl (C=O) groups is 1. The summed E-state index contributed by atoms with van der Waals surface area (Å²) < 4.78 is 11.4.